The predicted octanol–water partition coefficient (Wildman–Crippen LogP) is 4.39. The van der Waals surface area contributed by atoms with Gasteiger partial charge in [-0.15, -0.1) is 0 Å². The Morgan fingerprint density at radius 2 is 1.73 bits per heavy atom. The molecule has 0 saturated heterocycles. The summed E-state index contributed by atoms with van der Waals surface area (Å²) in [6.45, 7) is 8.73. The van der Waals surface area contributed by atoms with E-state index in [1.165, 1.54) is 12.5 Å². The van der Waals surface area contributed by atoms with Crippen LogP contribution in [0.4, 0.5) is 10.5 Å². The van der Waals surface area contributed by atoms with Crippen LogP contribution in [0.25, 0.3) is 0 Å². The molecule has 0 saturated carbocycles. The van der Waals surface area contributed by atoms with Crippen LogP contribution in [-0.4, -0.2) is 25.0 Å². The van der Waals surface area contributed by atoms with Crippen molar-refractivity contribution in [1.29, 1.82) is 0 Å². The summed E-state index contributed by atoms with van der Waals surface area (Å²) in [6.07, 6.45) is 0. The summed E-state index contributed by atoms with van der Waals surface area (Å²) in [5.74, 6) is 0.731. The summed E-state index contributed by atoms with van der Waals surface area (Å²) in [5.41, 5.74) is 2.49. The van der Waals surface area contributed by atoms with Crippen molar-refractivity contribution in [2.45, 2.75) is 33.1 Å². The van der Waals surface area contributed by atoms with Gasteiger partial charge in [-0.05, 0) is 42.2 Å². The molecule has 0 aromatic heterocycles. The zero-order valence-corrected chi connectivity index (χ0v) is 15.8. The van der Waals surface area contributed by atoms with Gasteiger partial charge >= 0.3 is 6.03 Å². The number of carbonyl (C=O) groups is 2. The third-order valence-corrected chi connectivity index (χ3v) is 3.90. The number of nitrogens with one attached hydrogen (secondary N) is 2. The Bertz CT molecular complexity index is 762. The van der Waals surface area contributed by atoms with Crippen LogP contribution in [0.1, 0.15) is 43.6 Å². The SMILES string of the molecule is CC(=O)c1cccc(NC(=O)NCCOc2ccc(C(C)(C)C)cc2)c1. The van der Waals surface area contributed by atoms with Gasteiger partial charge in [0.2, 0.25) is 0 Å². The number of rotatable bonds is 6. The third-order valence-electron chi connectivity index (χ3n) is 3.90. The van der Waals surface area contributed by atoms with Crippen LogP contribution in [0.2, 0.25) is 0 Å². The zero-order chi connectivity index (χ0) is 19.2. The van der Waals surface area contributed by atoms with Gasteiger partial charge in [0.05, 0.1) is 6.54 Å². The minimum Gasteiger partial charge on any atom is -0.492 e. The number of Topliss-reactive ketones (excluding diaryl/α,β-unsaturated/α-hetero) is 1. The van der Waals surface area contributed by atoms with Crippen LogP contribution in [0.15, 0.2) is 48.5 Å². The molecule has 26 heavy (non-hydrogen) atoms. The van der Waals surface area contributed by atoms with Gasteiger partial charge in [0.1, 0.15) is 12.4 Å². The van der Waals surface area contributed by atoms with Gasteiger partial charge < -0.3 is 15.4 Å². The monoisotopic (exact) mass is 354 g/mol. The van der Waals surface area contributed by atoms with Crippen molar-refractivity contribution in [2.75, 3.05) is 18.5 Å². The molecule has 5 heteroatoms. The van der Waals surface area contributed by atoms with E-state index in [4.69, 9.17) is 4.74 Å². The molecule has 5 nitrogen and oxygen atoms in total. The molecule has 2 N–H and O–H groups in total. The van der Waals surface area contributed by atoms with Gasteiger partial charge in [0, 0.05) is 11.3 Å². The van der Waals surface area contributed by atoms with Crippen LogP contribution < -0.4 is 15.4 Å². The first-order valence-electron chi connectivity index (χ1n) is 8.65. The van der Waals surface area contributed by atoms with Crippen molar-refractivity contribution < 1.29 is 14.3 Å². The first-order chi connectivity index (χ1) is 12.3. The number of hydrogen-bond donors (Lipinski definition) is 2. The largest absolute Gasteiger partial charge is 0.492 e. The van der Waals surface area contributed by atoms with E-state index in [0.29, 0.717) is 24.4 Å². The van der Waals surface area contributed by atoms with Crippen molar-refractivity contribution >= 4 is 17.5 Å². The van der Waals surface area contributed by atoms with E-state index in [1.54, 1.807) is 24.3 Å². The lowest BCUT2D eigenvalue weighted by molar-refractivity contribution is 0.101. The fourth-order valence-corrected chi connectivity index (χ4v) is 2.38. The quantitative estimate of drug-likeness (QED) is 0.597. The van der Waals surface area contributed by atoms with E-state index < -0.39 is 0 Å². The van der Waals surface area contributed by atoms with E-state index in [0.717, 1.165) is 5.75 Å². The van der Waals surface area contributed by atoms with Crippen LogP contribution in [0.5, 0.6) is 5.75 Å². The summed E-state index contributed by atoms with van der Waals surface area (Å²) in [4.78, 5) is 23.3. The van der Waals surface area contributed by atoms with Crippen LogP contribution in [0.3, 0.4) is 0 Å². The Morgan fingerprint density at radius 1 is 1.04 bits per heavy atom. The lowest BCUT2D eigenvalue weighted by atomic mass is 9.87. The second-order valence-corrected chi connectivity index (χ2v) is 7.14. The van der Waals surface area contributed by atoms with Crippen LogP contribution in [0, 0.1) is 0 Å². The van der Waals surface area contributed by atoms with E-state index in [9.17, 15) is 9.59 Å². The molecule has 2 aromatic carbocycles. The fourth-order valence-electron chi connectivity index (χ4n) is 2.38. The van der Waals surface area contributed by atoms with Crippen molar-refractivity contribution in [3.8, 4) is 5.75 Å². The van der Waals surface area contributed by atoms with E-state index >= 15 is 0 Å². The van der Waals surface area contributed by atoms with E-state index in [1.807, 2.05) is 12.1 Å². The van der Waals surface area contributed by atoms with Crippen molar-refractivity contribution in [3.63, 3.8) is 0 Å². The maximum Gasteiger partial charge on any atom is 0.319 e. The number of hydrogen-bond acceptors (Lipinski definition) is 3. The Hall–Kier alpha value is -2.82. The highest BCUT2D eigenvalue weighted by molar-refractivity contribution is 5.96. The molecule has 0 spiro atoms. The van der Waals surface area contributed by atoms with E-state index in [2.05, 4.69) is 43.5 Å². The van der Waals surface area contributed by atoms with Gasteiger partial charge in [0.25, 0.3) is 0 Å². The molecule has 2 aromatic rings. The van der Waals surface area contributed by atoms with Gasteiger partial charge in [-0.25, -0.2) is 4.79 Å². The summed E-state index contributed by atoms with van der Waals surface area (Å²) in [7, 11) is 0. The molecule has 2 amide bonds. The zero-order valence-electron chi connectivity index (χ0n) is 15.8. The standard InChI is InChI=1S/C21H26N2O3/c1-15(24)16-6-5-7-18(14-16)23-20(25)22-12-13-26-19-10-8-17(9-11-19)21(2,3)4/h5-11,14H,12-13H2,1-4H3,(H2,22,23,25). The van der Waals surface area contributed by atoms with Crippen molar-refractivity contribution in [1.82, 2.24) is 5.32 Å². The van der Waals surface area contributed by atoms with Crippen molar-refractivity contribution in [3.05, 3.63) is 59.7 Å². The van der Waals surface area contributed by atoms with Crippen LogP contribution in [-0.2, 0) is 5.41 Å². The molecule has 0 fully saturated rings. The lowest BCUT2D eigenvalue weighted by Crippen LogP contribution is -2.32. The van der Waals surface area contributed by atoms with Gasteiger partial charge in [0.15, 0.2) is 5.78 Å². The van der Waals surface area contributed by atoms with Gasteiger partial charge in [-0.2, -0.15) is 0 Å². The second kappa shape index (κ2) is 8.52. The van der Waals surface area contributed by atoms with Crippen molar-refractivity contribution in [2.24, 2.45) is 0 Å². The number of amides is 2. The Morgan fingerprint density at radius 3 is 2.35 bits per heavy atom. The predicted molar refractivity (Wildman–Crippen MR) is 104 cm³/mol. The maximum atomic E-state index is 11.9. The topological polar surface area (TPSA) is 67.4 Å². The summed E-state index contributed by atoms with van der Waals surface area (Å²) in [5, 5.41) is 5.43. The molecule has 0 aliphatic carbocycles. The molecule has 2 rings (SSSR count). The molecular formula is C21H26N2O3. The summed E-state index contributed by atoms with van der Waals surface area (Å²) in [6, 6.07) is 14.5. The molecule has 0 aliphatic heterocycles. The molecule has 0 bridgehead atoms. The molecule has 0 unspecified atom stereocenters. The Labute approximate surface area is 154 Å². The highest BCUT2D eigenvalue weighted by Crippen LogP contribution is 2.24. The minimum absolute atomic E-state index is 0.0417. The second-order valence-electron chi connectivity index (χ2n) is 7.14. The van der Waals surface area contributed by atoms with Gasteiger partial charge in [-0.1, -0.05) is 45.0 Å². The maximum absolute atomic E-state index is 11.9. The number of anilines is 1. The van der Waals surface area contributed by atoms with E-state index in [-0.39, 0.29) is 17.2 Å². The number of ketones is 1. The van der Waals surface area contributed by atoms with Crippen LogP contribution >= 0.6 is 0 Å². The summed E-state index contributed by atoms with van der Waals surface area (Å²) >= 11 is 0. The molecule has 0 aliphatic rings. The minimum atomic E-state index is -0.336. The fraction of sp³-hybridized carbons (Fsp3) is 0.333. The highest BCUT2D eigenvalue weighted by atomic mass is 16.5. The summed E-state index contributed by atoms with van der Waals surface area (Å²) < 4.78 is 5.64. The molecule has 0 radical (unpaired) electrons. The number of carbonyl (C=O) groups excluding carboxylic acids is 2. The molecular weight excluding hydrogens is 328 g/mol. The van der Waals surface area contributed by atoms with Gasteiger partial charge in [-0.3, -0.25) is 4.79 Å². The number of benzene rings is 2. The molecule has 0 heterocycles. The normalized spacial score (nSPS) is 10.9. The Kier molecular flexibility index (Phi) is 6.39. The Balaban J connectivity index is 1.75. The molecule has 0 atom stereocenters. The number of urea groups is 1. The molecule has 138 valence electrons. The first-order valence-corrected chi connectivity index (χ1v) is 8.65. The average molecular weight is 354 g/mol. The highest BCUT2D eigenvalue weighted by Gasteiger charge is 2.12. The first kappa shape index (κ1) is 19.5. The number of ether oxygens (including phenoxy) is 1. The smallest absolute Gasteiger partial charge is 0.319 e. The average Bonchev–Trinajstić information content (AvgIpc) is 2.58. The lowest BCUT2D eigenvalue weighted by Gasteiger charge is -2.19. The third kappa shape index (κ3) is 5.92.